The van der Waals surface area contributed by atoms with Crippen molar-refractivity contribution in [1.29, 1.82) is 5.41 Å². The molecule has 0 saturated heterocycles. The summed E-state index contributed by atoms with van der Waals surface area (Å²) in [7, 11) is 0. The van der Waals surface area contributed by atoms with Gasteiger partial charge in [-0.3, -0.25) is 10.2 Å². The van der Waals surface area contributed by atoms with Gasteiger partial charge in [0.1, 0.15) is 17.0 Å². The van der Waals surface area contributed by atoms with E-state index in [9.17, 15) is 18.8 Å². The van der Waals surface area contributed by atoms with Crippen molar-refractivity contribution in [3.63, 3.8) is 0 Å². The SMILES string of the molecule is CCC(CC)(Cc1ccc(C(=O)Oc2ccc(C(=N)N)cc2F)s1)C(=O)N[C@H](C=O)CCO. The van der Waals surface area contributed by atoms with Crippen LogP contribution in [0.5, 0.6) is 5.75 Å². The summed E-state index contributed by atoms with van der Waals surface area (Å²) in [5.74, 6) is -2.42. The van der Waals surface area contributed by atoms with Crippen LogP contribution in [0.4, 0.5) is 4.39 Å². The Kier molecular flexibility index (Phi) is 9.24. The van der Waals surface area contributed by atoms with E-state index in [-0.39, 0.29) is 41.0 Å². The van der Waals surface area contributed by atoms with E-state index in [1.807, 2.05) is 13.8 Å². The standard InChI is InChI=1S/C23H28FN3O5S/c1-3-23(4-2,22(31)27-15(13-29)9-10-28)12-16-6-8-19(33-16)21(30)32-18-7-5-14(20(25)26)11-17(18)24/h5-8,11,13,15,28H,3-4,9-10,12H2,1-2H3,(H3,25,26)(H,27,31)/t15-/m0/s1. The number of hydrogen-bond donors (Lipinski definition) is 4. The van der Waals surface area contributed by atoms with Gasteiger partial charge in [-0.05, 0) is 56.0 Å². The molecule has 0 fully saturated rings. The summed E-state index contributed by atoms with van der Waals surface area (Å²) in [6, 6.07) is 6.14. The van der Waals surface area contributed by atoms with Crippen molar-refractivity contribution in [2.24, 2.45) is 11.1 Å². The Morgan fingerprint density at radius 1 is 1.30 bits per heavy atom. The predicted octanol–water partition coefficient (Wildman–Crippen LogP) is 2.81. The zero-order valence-electron chi connectivity index (χ0n) is 18.5. The molecule has 1 heterocycles. The van der Waals surface area contributed by atoms with Crippen LogP contribution in [0.2, 0.25) is 0 Å². The number of benzene rings is 1. The molecule has 0 saturated carbocycles. The highest BCUT2D eigenvalue weighted by Crippen LogP contribution is 2.34. The van der Waals surface area contributed by atoms with E-state index in [4.69, 9.17) is 21.0 Å². The topological polar surface area (TPSA) is 143 Å². The van der Waals surface area contributed by atoms with Crippen molar-refractivity contribution in [3.05, 3.63) is 51.5 Å². The lowest BCUT2D eigenvalue weighted by atomic mass is 9.77. The Labute approximate surface area is 195 Å². The minimum absolute atomic E-state index is 0.137. The molecule has 1 aromatic carbocycles. The van der Waals surface area contributed by atoms with E-state index >= 15 is 0 Å². The van der Waals surface area contributed by atoms with Gasteiger partial charge in [-0.25, -0.2) is 9.18 Å². The molecule has 0 unspecified atom stereocenters. The van der Waals surface area contributed by atoms with Gasteiger partial charge >= 0.3 is 5.97 Å². The van der Waals surface area contributed by atoms with Gasteiger partial charge in [0.05, 0.1) is 11.5 Å². The van der Waals surface area contributed by atoms with Crippen LogP contribution in [-0.2, 0) is 16.0 Å². The molecule has 8 nitrogen and oxygen atoms in total. The Morgan fingerprint density at radius 2 is 2.00 bits per heavy atom. The Hall–Kier alpha value is -3.11. The number of hydrogen-bond acceptors (Lipinski definition) is 7. The first-order valence-electron chi connectivity index (χ1n) is 10.5. The number of aldehydes is 1. The monoisotopic (exact) mass is 477 g/mol. The molecule has 2 aromatic rings. The number of ether oxygens (including phenoxy) is 1. The third kappa shape index (κ3) is 6.45. The van der Waals surface area contributed by atoms with Gasteiger partial charge in [0, 0.05) is 17.0 Å². The molecular formula is C23H28FN3O5S. The van der Waals surface area contributed by atoms with E-state index < -0.39 is 23.2 Å². The molecule has 0 aliphatic rings. The van der Waals surface area contributed by atoms with Gasteiger partial charge in [0.15, 0.2) is 11.6 Å². The maximum absolute atomic E-state index is 14.2. The van der Waals surface area contributed by atoms with Crippen molar-refractivity contribution >= 4 is 35.3 Å². The third-order valence-electron chi connectivity index (χ3n) is 5.58. The van der Waals surface area contributed by atoms with Crippen LogP contribution in [-0.4, -0.2) is 41.8 Å². The highest BCUT2D eigenvalue weighted by Gasteiger charge is 2.36. The van der Waals surface area contributed by atoms with E-state index in [1.54, 1.807) is 12.1 Å². The van der Waals surface area contributed by atoms with Gasteiger partial charge < -0.3 is 25.7 Å². The van der Waals surface area contributed by atoms with Gasteiger partial charge in [-0.2, -0.15) is 0 Å². The predicted molar refractivity (Wildman–Crippen MR) is 123 cm³/mol. The summed E-state index contributed by atoms with van der Waals surface area (Å²) in [5, 5.41) is 19.1. The maximum Gasteiger partial charge on any atom is 0.353 e. The first kappa shape index (κ1) is 26.1. The molecule has 1 amide bonds. The molecule has 0 radical (unpaired) electrons. The average Bonchev–Trinajstić information content (AvgIpc) is 3.26. The minimum Gasteiger partial charge on any atom is -0.419 e. The maximum atomic E-state index is 14.2. The quantitative estimate of drug-likeness (QED) is 0.122. The van der Waals surface area contributed by atoms with Gasteiger partial charge in [0.25, 0.3) is 0 Å². The van der Waals surface area contributed by atoms with Crippen LogP contribution in [0.15, 0.2) is 30.3 Å². The number of esters is 1. The van der Waals surface area contributed by atoms with Crippen LogP contribution in [0.1, 0.15) is 53.2 Å². The van der Waals surface area contributed by atoms with Gasteiger partial charge in [-0.1, -0.05) is 13.8 Å². The molecule has 5 N–H and O–H groups in total. The first-order chi connectivity index (χ1) is 15.7. The van der Waals surface area contributed by atoms with Crippen molar-refractivity contribution < 1.29 is 28.6 Å². The third-order valence-corrected chi connectivity index (χ3v) is 6.64. The van der Waals surface area contributed by atoms with E-state index in [2.05, 4.69) is 5.32 Å². The lowest BCUT2D eigenvalue weighted by molar-refractivity contribution is -0.133. The van der Waals surface area contributed by atoms with Crippen molar-refractivity contribution in [3.8, 4) is 5.75 Å². The van der Waals surface area contributed by atoms with Crippen molar-refractivity contribution in [2.75, 3.05) is 6.61 Å². The number of amidine groups is 1. The number of nitrogen functional groups attached to an aromatic ring is 1. The normalized spacial score (nSPS) is 12.1. The zero-order valence-corrected chi connectivity index (χ0v) is 19.3. The number of halogens is 1. The number of thiophene rings is 1. The van der Waals surface area contributed by atoms with E-state index in [1.165, 1.54) is 12.1 Å². The zero-order chi connectivity index (χ0) is 24.6. The molecule has 10 heteroatoms. The number of nitrogens with one attached hydrogen (secondary N) is 2. The second kappa shape index (κ2) is 11.7. The van der Waals surface area contributed by atoms with Crippen LogP contribution in [0, 0.1) is 16.6 Å². The second-order valence-corrected chi connectivity index (χ2v) is 8.78. The van der Waals surface area contributed by atoms with Crippen LogP contribution in [0.3, 0.4) is 0 Å². The molecule has 2 rings (SSSR count). The minimum atomic E-state index is -0.812. The molecule has 0 aliphatic heterocycles. The largest absolute Gasteiger partial charge is 0.419 e. The Bertz CT molecular complexity index is 1020. The fraction of sp³-hybridized carbons (Fsp3) is 0.391. The first-order valence-corrected chi connectivity index (χ1v) is 11.3. The molecule has 178 valence electrons. The average molecular weight is 478 g/mol. The van der Waals surface area contributed by atoms with Crippen LogP contribution in [0.25, 0.3) is 0 Å². The number of rotatable bonds is 12. The molecule has 0 spiro atoms. The number of aliphatic hydroxyl groups excluding tert-OH is 1. The molecular weight excluding hydrogens is 449 g/mol. The summed E-state index contributed by atoms with van der Waals surface area (Å²) >= 11 is 1.14. The summed E-state index contributed by atoms with van der Waals surface area (Å²) in [5.41, 5.74) is 4.71. The number of nitrogens with two attached hydrogens (primary N) is 1. The number of amides is 1. The van der Waals surface area contributed by atoms with Gasteiger partial charge in [-0.15, -0.1) is 11.3 Å². The van der Waals surface area contributed by atoms with E-state index in [0.29, 0.717) is 25.5 Å². The summed E-state index contributed by atoms with van der Waals surface area (Å²) in [6.45, 7) is 3.53. The van der Waals surface area contributed by atoms with Gasteiger partial charge in [0.2, 0.25) is 5.91 Å². The molecule has 33 heavy (non-hydrogen) atoms. The fourth-order valence-electron chi connectivity index (χ4n) is 3.35. The number of carbonyl (C=O) groups is 3. The smallest absolute Gasteiger partial charge is 0.353 e. The highest BCUT2D eigenvalue weighted by molar-refractivity contribution is 7.14. The summed E-state index contributed by atoms with van der Waals surface area (Å²) in [4.78, 5) is 37.7. The Balaban J connectivity index is 2.15. The molecule has 1 atom stereocenters. The summed E-state index contributed by atoms with van der Waals surface area (Å²) in [6.07, 6.45) is 2.09. The molecule has 1 aromatic heterocycles. The highest BCUT2D eigenvalue weighted by atomic mass is 32.1. The number of carbonyl (C=O) groups excluding carboxylic acids is 3. The summed E-state index contributed by atoms with van der Waals surface area (Å²) < 4.78 is 19.3. The lowest BCUT2D eigenvalue weighted by Crippen LogP contribution is -2.47. The molecule has 0 bridgehead atoms. The fourth-order valence-corrected chi connectivity index (χ4v) is 4.38. The van der Waals surface area contributed by atoms with Crippen LogP contribution < -0.4 is 15.8 Å². The van der Waals surface area contributed by atoms with Crippen molar-refractivity contribution in [2.45, 2.75) is 45.6 Å². The molecule has 0 aliphatic carbocycles. The Morgan fingerprint density at radius 3 is 2.55 bits per heavy atom. The van der Waals surface area contributed by atoms with Crippen LogP contribution >= 0.6 is 11.3 Å². The van der Waals surface area contributed by atoms with E-state index in [0.717, 1.165) is 22.3 Å². The van der Waals surface area contributed by atoms with Crippen molar-refractivity contribution in [1.82, 2.24) is 5.32 Å². The second-order valence-electron chi connectivity index (χ2n) is 7.61. The lowest BCUT2D eigenvalue weighted by Gasteiger charge is -2.31. The number of aliphatic hydroxyl groups is 1.